The van der Waals surface area contributed by atoms with Gasteiger partial charge in [0.2, 0.25) is 5.89 Å². The third kappa shape index (κ3) is 5.81. The Morgan fingerprint density at radius 1 is 1.25 bits per heavy atom. The van der Waals surface area contributed by atoms with Crippen molar-refractivity contribution in [1.82, 2.24) is 15.6 Å². The molecule has 0 saturated heterocycles. The summed E-state index contributed by atoms with van der Waals surface area (Å²) in [5.74, 6) is 2.69. The van der Waals surface area contributed by atoms with Crippen molar-refractivity contribution in [3.8, 4) is 0 Å². The number of benzene rings is 1. The summed E-state index contributed by atoms with van der Waals surface area (Å²) in [6.07, 6.45) is 0. The molecule has 0 aliphatic rings. The molecule has 2 aromatic rings. The van der Waals surface area contributed by atoms with Crippen LogP contribution in [0.1, 0.15) is 41.3 Å². The summed E-state index contributed by atoms with van der Waals surface area (Å²) >= 11 is 0. The van der Waals surface area contributed by atoms with Gasteiger partial charge in [0.1, 0.15) is 5.76 Å². The van der Waals surface area contributed by atoms with E-state index in [1.54, 1.807) is 7.05 Å². The first kappa shape index (κ1) is 20.5. The van der Waals surface area contributed by atoms with Gasteiger partial charge in [0.15, 0.2) is 5.96 Å². The average molecular weight is 442 g/mol. The zero-order valence-electron chi connectivity index (χ0n) is 15.0. The highest BCUT2D eigenvalue weighted by molar-refractivity contribution is 14.0. The van der Waals surface area contributed by atoms with Crippen LogP contribution in [0, 0.1) is 20.8 Å². The van der Waals surface area contributed by atoms with Crippen molar-refractivity contribution in [3.05, 3.63) is 52.7 Å². The molecule has 1 aromatic carbocycles. The van der Waals surface area contributed by atoms with Gasteiger partial charge in [-0.3, -0.25) is 4.99 Å². The van der Waals surface area contributed by atoms with Gasteiger partial charge in [-0.25, -0.2) is 4.98 Å². The van der Waals surface area contributed by atoms with Gasteiger partial charge in [0.05, 0.1) is 12.2 Å². The summed E-state index contributed by atoms with van der Waals surface area (Å²) in [4.78, 5) is 8.60. The molecule has 24 heavy (non-hydrogen) atoms. The van der Waals surface area contributed by atoms with Crippen molar-refractivity contribution in [2.75, 3.05) is 13.6 Å². The molecule has 5 nitrogen and oxygen atoms in total. The molecule has 0 aliphatic carbocycles. The maximum atomic E-state index is 5.56. The SMILES string of the molecule is CN=C(NCc1nc(C)c(C)o1)NCC(C)c1cccc(C)c1.I. The number of aromatic nitrogens is 1. The predicted octanol–water partition coefficient (Wildman–Crippen LogP) is 3.69. The van der Waals surface area contributed by atoms with Crippen LogP contribution in [0.2, 0.25) is 0 Å². The number of nitrogens with zero attached hydrogens (tertiary/aromatic N) is 2. The summed E-state index contributed by atoms with van der Waals surface area (Å²) in [7, 11) is 1.76. The highest BCUT2D eigenvalue weighted by Crippen LogP contribution is 2.15. The van der Waals surface area contributed by atoms with E-state index in [0.29, 0.717) is 18.4 Å². The quantitative estimate of drug-likeness (QED) is 0.421. The molecule has 132 valence electrons. The van der Waals surface area contributed by atoms with Gasteiger partial charge in [0.25, 0.3) is 0 Å². The van der Waals surface area contributed by atoms with Crippen molar-refractivity contribution in [3.63, 3.8) is 0 Å². The number of nitrogens with one attached hydrogen (secondary N) is 2. The molecule has 0 spiro atoms. The van der Waals surface area contributed by atoms with Crippen molar-refractivity contribution in [2.45, 2.75) is 40.2 Å². The van der Waals surface area contributed by atoms with Crippen LogP contribution in [0.3, 0.4) is 0 Å². The maximum Gasteiger partial charge on any atom is 0.214 e. The van der Waals surface area contributed by atoms with Gasteiger partial charge in [-0.05, 0) is 32.3 Å². The number of aryl methyl sites for hydroxylation is 3. The van der Waals surface area contributed by atoms with Crippen LogP contribution < -0.4 is 10.6 Å². The topological polar surface area (TPSA) is 62.5 Å². The monoisotopic (exact) mass is 442 g/mol. The van der Waals surface area contributed by atoms with E-state index in [2.05, 4.69) is 58.7 Å². The second-order valence-corrected chi connectivity index (χ2v) is 5.87. The van der Waals surface area contributed by atoms with Gasteiger partial charge in [-0.1, -0.05) is 36.8 Å². The third-order valence-corrected chi connectivity index (χ3v) is 3.89. The lowest BCUT2D eigenvalue weighted by atomic mass is 9.99. The van der Waals surface area contributed by atoms with Gasteiger partial charge in [-0.2, -0.15) is 0 Å². The second kappa shape index (κ2) is 9.66. The summed E-state index contributed by atoms with van der Waals surface area (Å²) in [6, 6.07) is 8.60. The van der Waals surface area contributed by atoms with E-state index < -0.39 is 0 Å². The predicted molar refractivity (Wildman–Crippen MR) is 109 cm³/mol. The zero-order valence-corrected chi connectivity index (χ0v) is 17.3. The molecule has 0 aliphatic heterocycles. The molecule has 0 amide bonds. The summed E-state index contributed by atoms with van der Waals surface area (Å²) in [5, 5.41) is 6.58. The summed E-state index contributed by atoms with van der Waals surface area (Å²) in [6.45, 7) is 9.52. The summed E-state index contributed by atoms with van der Waals surface area (Å²) < 4.78 is 5.56. The van der Waals surface area contributed by atoms with Gasteiger partial charge in [0, 0.05) is 13.6 Å². The van der Waals surface area contributed by atoms with Crippen molar-refractivity contribution in [2.24, 2.45) is 4.99 Å². The lowest BCUT2D eigenvalue weighted by Crippen LogP contribution is -2.38. The fourth-order valence-electron chi connectivity index (χ4n) is 2.34. The number of hydrogen-bond donors (Lipinski definition) is 2. The molecular weight excluding hydrogens is 415 g/mol. The lowest BCUT2D eigenvalue weighted by molar-refractivity contribution is 0.463. The molecule has 0 fully saturated rings. The maximum absolute atomic E-state index is 5.56. The van der Waals surface area contributed by atoms with Crippen LogP contribution in [0.15, 0.2) is 33.7 Å². The number of halogens is 1. The first-order valence-corrected chi connectivity index (χ1v) is 7.93. The highest BCUT2D eigenvalue weighted by atomic mass is 127. The fourth-order valence-corrected chi connectivity index (χ4v) is 2.34. The molecule has 0 radical (unpaired) electrons. The Bertz CT molecular complexity index is 662. The van der Waals surface area contributed by atoms with Crippen LogP contribution >= 0.6 is 24.0 Å². The Hall–Kier alpha value is -1.57. The number of hydrogen-bond acceptors (Lipinski definition) is 3. The highest BCUT2D eigenvalue weighted by Gasteiger charge is 2.09. The minimum atomic E-state index is 0. The Morgan fingerprint density at radius 3 is 2.58 bits per heavy atom. The molecule has 1 atom stereocenters. The van der Waals surface area contributed by atoms with E-state index >= 15 is 0 Å². The minimum Gasteiger partial charge on any atom is -0.444 e. The molecule has 2 rings (SSSR count). The molecule has 2 N–H and O–H groups in total. The van der Waals surface area contributed by atoms with Gasteiger partial charge >= 0.3 is 0 Å². The normalized spacial score (nSPS) is 12.5. The number of rotatable bonds is 5. The van der Waals surface area contributed by atoms with E-state index in [1.165, 1.54) is 11.1 Å². The van der Waals surface area contributed by atoms with Crippen LogP contribution in [-0.4, -0.2) is 24.5 Å². The molecule has 0 bridgehead atoms. The Balaban J connectivity index is 0.00000288. The minimum absolute atomic E-state index is 0. The standard InChI is InChI=1S/C18H26N4O.HI/c1-12-7-6-8-16(9-12)13(2)10-20-18(19-5)21-11-17-22-14(3)15(4)23-17;/h6-9,13H,10-11H2,1-5H3,(H2,19,20,21);1H. The summed E-state index contributed by atoms with van der Waals surface area (Å²) in [5.41, 5.74) is 3.54. The molecular formula is C18H27IN4O. The van der Waals surface area contributed by atoms with E-state index in [4.69, 9.17) is 4.42 Å². The molecule has 0 saturated carbocycles. The van der Waals surface area contributed by atoms with Crippen LogP contribution in [0.25, 0.3) is 0 Å². The van der Waals surface area contributed by atoms with Gasteiger partial charge in [-0.15, -0.1) is 24.0 Å². The Morgan fingerprint density at radius 2 is 2.00 bits per heavy atom. The number of oxazole rings is 1. The fraction of sp³-hybridized carbons (Fsp3) is 0.444. The first-order valence-electron chi connectivity index (χ1n) is 7.93. The van der Waals surface area contributed by atoms with E-state index in [1.807, 2.05) is 13.8 Å². The zero-order chi connectivity index (χ0) is 16.8. The van der Waals surface area contributed by atoms with E-state index in [-0.39, 0.29) is 24.0 Å². The number of guanidine groups is 1. The van der Waals surface area contributed by atoms with Crippen LogP contribution in [-0.2, 0) is 6.54 Å². The lowest BCUT2D eigenvalue weighted by Gasteiger charge is -2.16. The largest absolute Gasteiger partial charge is 0.444 e. The van der Waals surface area contributed by atoms with E-state index in [9.17, 15) is 0 Å². The van der Waals surface area contributed by atoms with Crippen LogP contribution in [0.4, 0.5) is 0 Å². The van der Waals surface area contributed by atoms with E-state index in [0.717, 1.165) is 24.0 Å². The molecule has 1 aromatic heterocycles. The Kier molecular flexibility index (Phi) is 8.24. The van der Waals surface area contributed by atoms with Crippen molar-refractivity contribution >= 4 is 29.9 Å². The molecule has 6 heteroatoms. The number of aliphatic imine (C=N–C) groups is 1. The Labute approximate surface area is 161 Å². The van der Waals surface area contributed by atoms with Crippen LogP contribution in [0.5, 0.6) is 0 Å². The van der Waals surface area contributed by atoms with Crippen molar-refractivity contribution in [1.29, 1.82) is 0 Å². The second-order valence-electron chi connectivity index (χ2n) is 5.87. The molecule has 1 heterocycles. The third-order valence-electron chi connectivity index (χ3n) is 3.89. The van der Waals surface area contributed by atoms with Crippen molar-refractivity contribution < 1.29 is 4.42 Å². The average Bonchev–Trinajstić information content (AvgIpc) is 2.85. The van der Waals surface area contributed by atoms with Gasteiger partial charge < -0.3 is 15.1 Å². The molecule has 1 unspecified atom stereocenters. The smallest absolute Gasteiger partial charge is 0.214 e. The first-order chi connectivity index (χ1) is 11.0.